The summed E-state index contributed by atoms with van der Waals surface area (Å²) in [5.41, 5.74) is 15.4. The van der Waals surface area contributed by atoms with Gasteiger partial charge in [-0.15, -0.1) is 0 Å². The molecular formula is C55H32. The summed E-state index contributed by atoms with van der Waals surface area (Å²) in [5, 5.41) is 13.0. The van der Waals surface area contributed by atoms with Crippen LogP contribution in [0.4, 0.5) is 0 Å². The van der Waals surface area contributed by atoms with Crippen LogP contribution >= 0.6 is 0 Å². The quantitative estimate of drug-likeness (QED) is 0.158. The van der Waals surface area contributed by atoms with E-state index in [9.17, 15) is 0 Å². The van der Waals surface area contributed by atoms with Gasteiger partial charge in [0.15, 0.2) is 0 Å². The molecule has 0 bridgehead atoms. The number of rotatable bonds is 2. The minimum atomic E-state index is -0.409. The van der Waals surface area contributed by atoms with Gasteiger partial charge in [-0.25, -0.2) is 0 Å². The molecule has 13 rings (SSSR count). The lowest BCUT2D eigenvalue weighted by molar-refractivity contribution is 0.794. The minimum absolute atomic E-state index is 0.409. The van der Waals surface area contributed by atoms with Crippen LogP contribution in [0, 0.1) is 0 Å². The molecule has 0 saturated heterocycles. The van der Waals surface area contributed by atoms with Gasteiger partial charge in [0.05, 0.1) is 5.41 Å². The normalized spacial score (nSPS) is 13.6. The molecule has 0 heteroatoms. The maximum atomic E-state index is 2.50. The monoisotopic (exact) mass is 692 g/mol. The molecule has 0 amide bonds. The third-order valence-corrected chi connectivity index (χ3v) is 13.0. The van der Waals surface area contributed by atoms with Gasteiger partial charge in [-0.05, 0) is 139 Å². The molecule has 1 spiro atoms. The Labute approximate surface area is 318 Å². The molecule has 0 nitrogen and oxygen atoms in total. The van der Waals surface area contributed by atoms with E-state index in [1.165, 1.54) is 121 Å². The van der Waals surface area contributed by atoms with Crippen LogP contribution in [0.5, 0.6) is 0 Å². The molecule has 0 heterocycles. The van der Waals surface area contributed by atoms with Crippen LogP contribution in [0.3, 0.4) is 0 Å². The second-order valence-electron chi connectivity index (χ2n) is 15.5. The van der Waals surface area contributed by atoms with E-state index in [1.54, 1.807) is 0 Å². The van der Waals surface area contributed by atoms with Crippen molar-refractivity contribution in [3.8, 4) is 44.5 Å². The topological polar surface area (TPSA) is 0 Å². The van der Waals surface area contributed by atoms with Crippen LogP contribution in [0.2, 0.25) is 0 Å². The lowest BCUT2D eigenvalue weighted by Crippen LogP contribution is -2.25. The Hall–Kier alpha value is -7.02. The lowest BCUT2D eigenvalue weighted by atomic mass is 9.70. The van der Waals surface area contributed by atoms with Gasteiger partial charge in [0.25, 0.3) is 0 Å². The fourth-order valence-electron chi connectivity index (χ4n) is 10.8. The van der Waals surface area contributed by atoms with Crippen LogP contribution in [0.15, 0.2) is 194 Å². The van der Waals surface area contributed by atoms with Gasteiger partial charge in [0.1, 0.15) is 0 Å². The number of hydrogen-bond acceptors (Lipinski definition) is 0. The summed E-state index contributed by atoms with van der Waals surface area (Å²) in [4.78, 5) is 0. The van der Waals surface area contributed by atoms with Gasteiger partial charge in [0.2, 0.25) is 0 Å². The van der Waals surface area contributed by atoms with Crippen LogP contribution in [-0.4, -0.2) is 0 Å². The molecule has 0 fully saturated rings. The third kappa shape index (κ3) is 3.71. The molecule has 0 aromatic heterocycles. The standard InChI is InChI=1S/C55H32/c1-2-14-40-33(10-1)11-8-17-41(40)42-18-9-19-46-43(42)27-29-51-54(46)47-32-36(39-30-37-24-22-34-12-7-13-35-23-25-38(31-39)53(37)52(34)35)26-28-50(47)55(51)48-20-5-3-15-44(48)45-16-4-6-21-49(45)55/h1-32H. The fourth-order valence-corrected chi connectivity index (χ4v) is 10.8. The Morgan fingerprint density at radius 3 is 1.53 bits per heavy atom. The Morgan fingerprint density at radius 2 is 0.764 bits per heavy atom. The highest BCUT2D eigenvalue weighted by Gasteiger charge is 2.52. The summed E-state index contributed by atoms with van der Waals surface area (Å²) < 4.78 is 0. The van der Waals surface area contributed by atoms with Crippen molar-refractivity contribution in [3.63, 3.8) is 0 Å². The van der Waals surface area contributed by atoms with Crippen molar-refractivity contribution < 1.29 is 0 Å². The maximum Gasteiger partial charge on any atom is 0.0725 e. The van der Waals surface area contributed by atoms with E-state index in [0.29, 0.717) is 0 Å². The number of benzene rings is 11. The van der Waals surface area contributed by atoms with Crippen LogP contribution in [0.1, 0.15) is 22.3 Å². The highest BCUT2D eigenvalue weighted by atomic mass is 14.5. The highest BCUT2D eigenvalue weighted by Crippen LogP contribution is 2.64. The minimum Gasteiger partial charge on any atom is -0.0619 e. The summed E-state index contributed by atoms with van der Waals surface area (Å²) >= 11 is 0. The molecule has 55 heavy (non-hydrogen) atoms. The first-order valence-corrected chi connectivity index (χ1v) is 19.3. The van der Waals surface area contributed by atoms with Crippen molar-refractivity contribution in [1.29, 1.82) is 0 Å². The van der Waals surface area contributed by atoms with Gasteiger partial charge >= 0.3 is 0 Å². The van der Waals surface area contributed by atoms with E-state index in [2.05, 4.69) is 194 Å². The predicted molar refractivity (Wildman–Crippen MR) is 232 cm³/mol. The Morgan fingerprint density at radius 1 is 0.255 bits per heavy atom. The molecule has 0 unspecified atom stereocenters. The van der Waals surface area contributed by atoms with Gasteiger partial charge in [0, 0.05) is 0 Å². The molecular weight excluding hydrogens is 661 g/mol. The zero-order valence-electron chi connectivity index (χ0n) is 30.0. The summed E-state index contributed by atoms with van der Waals surface area (Å²) in [6.07, 6.45) is 0. The largest absolute Gasteiger partial charge is 0.0725 e. The van der Waals surface area contributed by atoms with E-state index in [0.717, 1.165) is 0 Å². The van der Waals surface area contributed by atoms with Crippen LogP contribution in [0.25, 0.3) is 98.4 Å². The van der Waals surface area contributed by atoms with Gasteiger partial charge in [-0.3, -0.25) is 0 Å². The molecule has 0 aliphatic heterocycles. The number of hydrogen-bond donors (Lipinski definition) is 0. The van der Waals surface area contributed by atoms with E-state index in [1.807, 2.05) is 0 Å². The maximum absolute atomic E-state index is 2.50. The van der Waals surface area contributed by atoms with E-state index < -0.39 is 5.41 Å². The molecule has 0 N–H and O–H groups in total. The summed E-state index contributed by atoms with van der Waals surface area (Å²) in [6.45, 7) is 0. The van der Waals surface area contributed by atoms with Crippen molar-refractivity contribution in [2.75, 3.05) is 0 Å². The van der Waals surface area contributed by atoms with Crippen molar-refractivity contribution in [2.24, 2.45) is 0 Å². The van der Waals surface area contributed by atoms with Gasteiger partial charge in [-0.2, -0.15) is 0 Å². The van der Waals surface area contributed by atoms with Crippen LogP contribution in [-0.2, 0) is 5.41 Å². The fraction of sp³-hybridized carbons (Fsp3) is 0.0182. The first kappa shape index (κ1) is 29.4. The Balaban J connectivity index is 1.12. The molecule has 252 valence electrons. The van der Waals surface area contributed by atoms with Crippen molar-refractivity contribution in [2.45, 2.75) is 5.41 Å². The molecule has 0 atom stereocenters. The molecule has 11 aromatic carbocycles. The predicted octanol–water partition coefficient (Wildman–Crippen LogP) is 14.6. The molecule has 2 aliphatic rings. The summed E-state index contributed by atoms with van der Waals surface area (Å²) in [7, 11) is 0. The van der Waals surface area contributed by atoms with E-state index >= 15 is 0 Å². The second-order valence-corrected chi connectivity index (χ2v) is 15.5. The molecule has 0 radical (unpaired) electrons. The smallest absolute Gasteiger partial charge is 0.0619 e. The zero-order valence-corrected chi connectivity index (χ0v) is 30.0. The van der Waals surface area contributed by atoms with Crippen molar-refractivity contribution in [3.05, 3.63) is 216 Å². The van der Waals surface area contributed by atoms with Crippen molar-refractivity contribution in [1.82, 2.24) is 0 Å². The summed E-state index contributed by atoms with van der Waals surface area (Å²) in [5.74, 6) is 0. The van der Waals surface area contributed by atoms with Gasteiger partial charge < -0.3 is 0 Å². The SMILES string of the molecule is c1ccc2c(c1)-c1ccccc1C21c2ccc(-c3cc4ccc5cccc6ccc(c3)c4c56)cc2-c2c1ccc1c(-c3cccc4ccccc34)cccc21. The first-order chi connectivity index (χ1) is 27.3. The Kier molecular flexibility index (Phi) is 5.65. The zero-order chi connectivity index (χ0) is 35.8. The lowest BCUT2D eigenvalue weighted by Gasteiger charge is -2.30. The average Bonchev–Trinajstić information content (AvgIpc) is 3.72. The average molecular weight is 693 g/mol. The molecule has 2 aliphatic carbocycles. The molecule has 0 saturated carbocycles. The highest BCUT2D eigenvalue weighted by molar-refractivity contribution is 6.24. The van der Waals surface area contributed by atoms with Gasteiger partial charge in [-0.1, -0.05) is 176 Å². The number of fused-ring (bicyclic) bond motifs is 13. The Bertz CT molecular complexity index is 3320. The second kappa shape index (κ2) is 10.6. The van der Waals surface area contributed by atoms with E-state index in [-0.39, 0.29) is 0 Å². The molecule has 11 aromatic rings. The van der Waals surface area contributed by atoms with Crippen molar-refractivity contribution >= 4 is 53.9 Å². The van der Waals surface area contributed by atoms with Crippen LogP contribution < -0.4 is 0 Å². The third-order valence-electron chi connectivity index (χ3n) is 13.0. The first-order valence-electron chi connectivity index (χ1n) is 19.3. The van der Waals surface area contributed by atoms with E-state index in [4.69, 9.17) is 0 Å². The summed E-state index contributed by atoms with van der Waals surface area (Å²) in [6, 6.07) is 73.4.